The van der Waals surface area contributed by atoms with Gasteiger partial charge in [0.15, 0.2) is 0 Å². The molecule has 0 aliphatic heterocycles. The molecule has 0 saturated carbocycles. The first-order valence-corrected chi connectivity index (χ1v) is 8.39. The maximum atomic E-state index is 12.1. The molecule has 120 valence electrons. The SMILES string of the molecule is CCCCCc1ccc(-c2cc(=O)[nH]c3[nH]c(=O)[nH]c(=O)c23)s1. The number of fused-ring (bicyclic) bond motifs is 1. The lowest BCUT2D eigenvalue weighted by Gasteiger charge is -2.02. The van der Waals surface area contributed by atoms with E-state index in [0.717, 1.165) is 17.7 Å². The van der Waals surface area contributed by atoms with Gasteiger partial charge in [0.25, 0.3) is 5.56 Å². The zero-order chi connectivity index (χ0) is 16.4. The highest BCUT2D eigenvalue weighted by molar-refractivity contribution is 7.15. The minimum absolute atomic E-state index is 0.155. The minimum atomic E-state index is -0.637. The lowest BCUT2D eigenvalue weighted by Crippen LogP contribution is -2.24. The first-order chi connectivity index (χ1) is 11.1. The minimum Gasteiger partial charge on any atom is -0.308 e. The van der Waals surface area contributed by atoms with Crippen LogP contribution in [0.15, 0.2) is 32.6 Å². The maximum absolute atomic E-state index is 12.1. The molecule has 3 aromatic heterocycles. The summed E-state index contributed by atoms with van der Waals surface area (Å²) < 4.78 is 0. The predicted molar refractivity (Wildman–Crippen MR) is 92.4 cm³/mol. The van der Waals surface area contributed by atoms with E-state index in [0.29, 0.717) is 10.9 Å². The molecule has 0 amide bonds. The standard InChI is InChI=1S/C16H17N3O3S/c1-2-3-4-5-9-6-7-11(23-9)10-8-12(20)17-14-13(10)15(21)19-16(22)18-14/h6-8H,2-5H2,1H3,(H3,17,18,19,20,21,22). The molecule has 0 aliphatic carbocycles. The van der Waals surface area contributed by atoms with Gasteiger partial charge in [0.05, 0.1) is 5.39 Å². The van der Waals surface area contributed by atoms with Crippen molar-refractivity contribution in [1.82, 2.24) is 15.0 Å². The summed E-state index contributed by atoms with van der Waals surface area (Å²) in [5, 5.41) is 0.297. The van der Waals surface area contributed by atoms with E-state index < -0.39 is 11.2 Å². The third-order valence-corrected chi connectivity index (χ3v) is 4.87. The quantitative estimate of drug-likeness (QED) is 0.626. The molecule has 0 bridgehead atoms. The second-order valence-electron chi connectivity index (χ2n) is 5.43. The molecule has 23 heavy (non-hydrogen) atoms. The van der Waals surface area contributed by atoms with Crippen LogP contribution in [-0.4, -0.2) is 15.0 Å². The van der Waals surface area contributed by atoms with Crippen molar-refractivity contribution in [2.24, 2.45) is 0 Å². The number of rotatable bonds is 5. The van der Waals surface area contributed by atoms with Gasteiger partial charge in [-0.3, -0.25) is 19.6 Å². The molecule has 0 atom stereocenters. The molecule has 3 heterocycles. The number of H-pyrrole nitrogens is 3. The van der Waals surface area contributed by atoms with Crippen LogP contribution in [0.1, 0.15) is 31.1 Å². The highest BCUT2D eigenvalue weighted by Gasteiger charge is 2.12. The lowest BCUT2D eigenvalue weighted by molar-refractivity contribution is 0.722. The van der Waals surface area contributed by atoms with Gasteiger partial charge in [-0.1, -0.05) is 19.8 Å². The van der Waals surface area contributed by atoms with Crippen molar-refractivity contribution < 1.29 is 0 Å². The second-order valence-corrected chi connectivity index (χ2v) is 6.60. The lowest BCUT2D eigenvalue weighted by atomic mass is 10.1. The molecule has 7 heteroatoms. The molecule has 0 unspecified atom stereocenters. The monoisotopic (exact) mass is 331 g/mol. The van der Waals surface area contributed by atoms with Gasteiger partial charge in [-0.25, -0.2) is 4.79 Å². The summed E-state index contributed by atoms with van der Waals surface area (Å²) in [7, 11) is 0. The van der Waals surface area contributed by atoms with E-state index in [1.165, 1.54) is 23.8 Å². The van der Waals surface area contributed by atoms with Crippen LogP contribution in [0.3, 0.4) is 0 Å². The molecule has 0 saturated heterocycles. The van der Waals surface area contributed by atoms with Crippen molar-refractivity contribution in [2.45, 2.75) is 32.6 Å². The first-order valence-electron chi connectivity index (χ1n) is 7.57. The highest BCUT2D eigenvalue weighted by atomic mass is 32.1. The van der Waals surface area contributed by atoms with Gasteiger partial charge in [0.2, 0.25) is 5.56 Å². The summed E-state index contributed by atoms with van der Waals surface area (Å²) in [6, 6.07) is 5.35. The van der Waals surface area contributed by atoms with Crippen LogP contribution in [0.25, 0.3) is 21.5 Å². The summed E-state index contributed by atoms with van der Waals surface area (Å²) in [6.45, 7) is 2.16. The van der Waals surface area contributed by atoms with E-state index >= 15 is 0 Å². The topological polar surface area (TPSA) is 98.6 Å². The summed E-state index contributed by atoms with van der Waals surface area (Å²) in [5.41, 5.74) is -0.789. The summed E-state index contributed by atoms with van der Waals surface area (Å²) >= 11 is 1.58. The van der Waals surface area contributed by atoms with Crippen LogP contribution in [0.4, 0.5) is 0 Å². The van der Waals surface area contributed by atoms with E-state index in [4.69, 9.17) is 0 Å². The van der Waals surface area contributed by atoms with E-state index in [1.54, 1.807) is 11.3 Å². The van der Waals surface area contributed by atoms with Crippen molar-refractivity contribution in [1.29, 1.82) is 0 Å². The number of pyridine rings is 1. The van der Waals surface area contributed by atoms with E-state index in [2.05, 4.69) is 21.9 Å². The van der Waals surface area contributed by atoms with Gasteiger partial charge < -0.3 is 4.98 Å². The van der Waals surface area contributed by atoms with Gasteiger partial charge in [-0.2, -0.15) is 0 Å². The maximum Gasteiger partial charge on any atom is 0.327 e. The van der Waals surface area contributed by atoms with Crippen molar-refractivity contribution in [3.05, 3.63) is 54.3 Å². The van der Waals surface area contributed by atoms with E-state index in [1.807, 2.05) is 12.1 Å². The Morgan fingerprint density at radius 1 is 1.04 bits per heavy atom. The molecule has 0 fully saturated rings. The third-order valence-electron chi connectivity index (χ3n) is 3.69. The van der Waals surface area contributed by atoms with Crippen molar-refractivity contribution in [2.75, 3.05) is 0 Å². The van der Waals surface area contributed by atoms with Crippen LogP contribution in [0.5, 0.6) is 0 Å². The molecule has 0 spiro atoms. The Labute approximate surface area is 135 Å². The van der Waals surface area contributed by atoms with Crippen molar-refractivity contribution in [3.63, 3.8) is 0 Å². The second kappa shape index (κ2) is 6.37. The average Bonchev–Trinajstić information content (AvgIpc) is 2.94. The third kappa shape index (κ3) is 3.19. The Hall–Kier alpha value is -2.41. The zero-order valence-corrected chi connectivity index (χ0v) is 13.5. The Balaban J connectivity index is 2.11. The Morgan fingerprint density at radius 3 is 2.65 bits per heavy atom. The Bertz CT molecular complexity index is 1000. The number of aromatic amines is 3. The molecular formula is C16H17N3O3S. The van der Waals surface area contributed by atoms with Gasteiger partial charge in [-0.15, -0.1) is 11.3 Å². The van der Waals surface area contributed by atoms with Crippen LogP contribution in [-0.2, 0) is 6.42 Å². The van der Waals surface area contributed by atoms with Crippen molar-refractivity contribution in [3.8, 4) is 10.4 Å². The average molecular weight is 331 g/mol. The number of thiophene rings is 1. The predicted octanol–water partition coefficient (Wildman–Crippen LogP) is 2.37. The largest absolute Gasteiger partial charge is 0.327 e. The van der Waals surface area contributed by atoms with Gasteiger partial charge >= 0.3 is 5.69 Å². The Morgan fingerprint density at radius 2 is 1.87 bits per heavy atom. The van der Waals surface area contributed by atoms with Gasteiger partial charge in [-0.05, 0) is 25.0 Å². The smallest absolute Gasteiger partial charge is 0.308 e. The van der Waals surface area contributed by atoms with Crippen molar-refractivity contribution >= 4 is 22.4 Å². The highest BCUT2D eigenvalue weighted by Crippen LogP contribution is 2.30. The molecule has 3 rings (SSSR count). The summed E-state index contributed by atoms with van der Waals surface area (Å²) in [5.74, 6) is 0. The number of aryl methyl sites for hydroxylation is 1. The molecule has 0 aliphatic rings. The van der Waals surface area contributed by atoms with Gasteiger partial charge in [0.1, 0.15) is 5.65 Å². The fourth-order valence-corrected chi connectivity index (χ4v) is 3.67. The van der Waals surface area contributed by atoms with Crippen LogP contribution in [0, 0.1) is 0 Å². The molecule has 3 aromatic rings. The normalized spacial score (nSPS) is 11.2. The van der Waals surface area contributed by atoms with E-state index in [9.17, 15) is 14.4 Å². The van der Waals surface area contributed by atoms with Crippen LogP contribution < -0.4 is 16.8 Å². The fraction of sp³-hybridized carbons (Fsp3) is 0.312. The molecule has 3 N–H and O–H groups in total. The van der Waals surface area contributed by atoms with E-state index in [-0.39, 0.29) is 11.2 Å². The summed E-state index contributed by atoms with van der Waals surface area (Å²) in [4.78, 5) is 44.6. The van der Waals surface area contributed by atoms with Crippen LogP contribution >= 0.6 is 11.3 Å². The zero-order valence-electron chi connectivity index (χ0n) is 12.7. The Kier molecular flexibility index (Phi) is 4.29. The fourth-order valence-electron chi connectivity index (χ4n) is 2.60. The number of nitrogens with one attached hydrogen (secondary N) is 3. The van der Waals surface area contributed by atoms with Gasteiger partial charge in [0, 0.05) is 21.4 Å². The molecular weight excluding hydrogens is 314 g/mol. The number of unbranched alkanes of at least 4 members (excludes halogenated alkanes) is 2. The first kappa shape index (κ1) is 15.5. The molecule has 6 nitrogen and oxygen atoms in total. The summed E-state index contributed by atoms with van der Waals surface area (Å²) in [6.07, 6.45) is 4.47. The molecule has 0 aromatic carbocycles. The number of hydrogen-bond acceptors (Lipinski definition) is 4. The number of aromatic nitrogens is 3. The van der Waals surface area contributed by atoms with Crippen LogP contribution in [0.2, 0.25) is 0 Å². The molecule has 0 radical (unpaired) electrons. The number of hydrogen-bond donors (Lipinski definition) is 3.